The van der Waals surface area contributed by atoms with Crippen LogP contribution in [0.25, 0.3) is 0 Å². The Morgan fingerprint density at radius 3 is 2.14 bits per heavy atom. The molecule has 3 rings (SSSR count). The lowest BCUT2D eigenvalue weighted by Gasteiger charge is -2.22. The second-order valence-corrected chi connectivity index (χ2v) is 6.73. The molecule has 8 heteroatoms. The minimum absolute atomic E-state index is 0.111. The molecule has 0 spiro atoms. The fourth-order valence-corrected chi connectivity index (χ4v) is 3.01. The third-order valence-electron chi connectivity index (χ3n) is 4.72. The number of amides is 3. The Morgan fingerprint density at radius 2 is 1.59 bits per heavy atom. The quantitative estimate of drug-likeness (QED) is 0.348. The van der Waals surface area contributed by atoms with Crippen LogP contribution in [0.3, 0.4) is 0 Å². The van der Waals surface area contributed by atoms with Gasteiger partial charge in [-0.25, -0.2) is 9.59 Å². The molecule has 0 unspecified atom stereocenters. The number of methoxy groups -OCH3 is 1. The monoisotopic (exact) mass is 396 g/mol. The number of rotatable bonds is 6. The van der Waals surface area contributed by atoms with E-state index in [-0.39, 0.29) is 11.5 Å². The Morgan fingerprint density at radius 1 is 1.00 bits per heavy atom. The number of hydrogen-bond donors (Lipinski definition) is 1. The smallest absolute Gasteiger partial charge is 0.331 e. The van der Waals surface area contributed by atoms with Crippen molar-refractivity contribution in [3.05, 3.63) is 59.7 Å². The first kappa shape index (κ1) is 20.1. The summed E-state index contributed by atoms with van der Waals surface area (Å²) in [5, 5.41) is 2.62. The maximum absolute atomic E-state index is 12.9. The average Bonchev–Trinajstić information content (AvgIpc) is 2.92. The number of carbonyl (C=O) groups is 4. The van der Waals surface area contributed by atoms with Crippen molar-refractivity contribution in [3.63, 3.8) is 0 Å². The van der Waals surface area contributed by atoms with Crippen LogP contribution in [0, 0.1) is 0 Å². The first-order valence-corrected chi connectivity index (χ1v) is 8.85. The minimum Gasteiger partial charge on any atom is -0.497 e. The second kappa shape index (κ2) is 7.75. The molecule has 0 bridgehead atoms. The lowest BCUT2D eigenvalue weighted by Crippen LogP contribution is -2.41. The van der Waals surface area contributed by atoms with Crippen molar-refractivity contribution in [3.8, 4) is 11.5 Å². The minimum atomic E-state index is -1.30. The van der Waals surface area contributed by atoms with Gasteiger partial charge in [-0.05, 0) is 55.8 Å². The summed E-state index contributed by atoms with van der Waals surface area (Å²) in [4.78, 5) is 49.5. The Balaban J connectivity index is 1.70. The number of carbonyl (C=O) groups excluding carboxylic acids is 4. The molecule has 0 radical (unpaired) electrons. The molecule has 150 valence electrons. The van der Waals surface area contributed by atoms with Gasteiger partial charge in [-0.2, -0.15) is 0 Å². The highest BCUT2D eigenvalue weighted by atomic mass is 16.5. The zero-order valence-electron chi connectivity index (χ0n) is 16.2. The van der Waals surface area contributed by atoms with Gasteiger partial charge < -0.3 is 14.8 Å². The number of esters is 1. The van der Waals surface area contributed by atoms with Crippen LogP contribution in [0.15, 0.2) is 48.5 Å². The van der Waals surface area contributed by atoms with Crippen molar-refractivity contribution in [2.45, 2.75) is 19.4 Å². The Labute approximate surface area is 167 Å². The van der Waals surface area contributed by atoms with Gasteiger partial charge in [0.15, 0.2) is 5.78 Å². The van der Waals surface area contributed by atoms with E-state index >= 15 is 0 Å². The number of urea groups is 1. The molecular weight excluding hydrogens is 376 g/mol. The van der Waals surface area contributed by atoms with Gasteiger partial charge in [-0.1, -0.05) is 12.1 Å². The molecule has 1 saturated heterocycles. The predicted molar refractivity (Wildman–Crippen MR) is 103 cm³/mol. The molecule has 1 heterocycles. The Bertz CT molecular complexity index is 968. The summed E-state index contributed by atoms with van der Waals surface area (Å²) in [6.45, 7) is 2.46. The van der Waals surface area contributed by atoms with E-state index in [2.05, 4.69) is 5.32 Å². The van der Waals surface area contributed by atoms with E-state index in [1.54, 1.807) is 31.2 Å². The van der Waals surface area contributed by atoms with E-state index in [4.69, 9.17) is 9.47 Å². The second-order valence-electron chi connectivity index (χ2n) is 6.73. The Kier molecular flexibility index (Phi) is 5.36. The zero-order valence-corrected chi connectivity index (χ0v) is 16.2. The SMILES string of the molecule is COc1ccc([C@]2(C)NC(=O)N(CC(=O)Oc3ccc(C(C)=O)cc3)C2=O)cc1. The van der Waals surface area contributed by atoms with E-state index in [0.717, 1.165) is 4.90 Å². The lowest BCUT2D eigenvalue weighted by molar-refractivity contribution is -0.140. The molecule has 0 aromatic heterocycles. The zero-order chi connectivity index (χ0) is 21.2. The number of imide groups is 1. The fourth-order valence-electron chi connectivity index (χ4n) is 3.01. The molecule has 3 amide bonds. The number of nitrogens with zero attached hydrogens (tertiary/aromatic N) is 1. The summed E-state index contributed by atoms with van der Waals surface area (Å²) >= 11 is 0. The standard InChI is InChI=1S/C21H20N2O6/c1-13(24)14-4-8-17(9-5-14)29-18(25)12-23-19(26)21(2,22-20(23)27)15-6-10-16(28-3)11-7-15/h4-11H,12H2,1-3H3,(H,22,27)/t21-/m0/s1. The normalized spacial score (nSPS) is 18.4. The van der Waals surface area contributed by atoms with Gasteiger partial charge in [0.1, 0.15) is 23.6 Å². The molecule has 1 fully saturated rings. The third-order valence-corrected chi connectivity index (χ3v) is 4.72. The van der Waals surface area contributed by atoms with Gasteiger partial charge in [-0.15, -0.1) is 0 Å². The van der Waals surface area contributed by atoms with Crippen LogP contribution in [0.1, 0.15) is 29.8 Å². The topological polar surface area (TPSA) is 102 Å². The highest BCUT2D eigenvalue weighted by Gasteiger charge is 2.49. The summed E-state index contributed by atoms with van der Waals surface area (Å²) in [6, 6.07) is 12.0. The van der Waals surface area contributed by atoms with E-state index in [9.17, 15) is 19.2 Å². The van der Waals surface area contributed by atoms with E-state index < -0.39 is 30.0 Å². The molecule has 8 nitrogen and oxygen atoms in total. The molecule has 29 heavy (non-hydrogen) atoms. The van der Waals surface area contributed by atoms with Gasteiger partial charge in [0.05, 0.1) is 7.11 Å². The van der Waals surface area contributed by atoms with Gasteiger partial charge >= 0.3 is 12.0 Å². The van der Waals surface area contributed by atoms with Crippen LogP contribution in [0.5, 0.6) is 11.5 Å². The van der Waals surface area contributed by atoms with Gasteiger partial charge in [-0.3, -0.25) is 14.5 Å². The van der Waals surface area contributed by atoms with Crippen LogP contribution in [-0.4, -0.2) is 42.2 Å². The molecule has 2 aromatic rings. The van der Waals surface area contributed by atoms with Gasteiger partial charge in [0.2, 0.25) is 0 Å². The maximum Gasteiger partial charge on any atom is 0.331 e. The number of benzene rings is 2. The summed E-state index contributed by atoms with van der Waals surface area (Å²) in [5.41, 5.74) is -0.256. The number of ether oxygens (including phenoxy) is 2. The molecule has 0 aliphatic carbocycles. The van der Waals surface area contributed by atoms with Crippen molar-refractivity contribution in [2.24, 2.45) is 0 Å². The Hall–Kier alpha value is -3.68. The summed E-state index contributed by atoms with van der Waals surface area (Å²) in [6.07, 6.45) is 0. The van der Waals surface area contributed by atoms with Crippen LogP contribution >= 0.6 is 0 Å². The van der Waals surface area contributed by atoms with Crippen molar-refractivity contribution >= 4 is 23.7 Å². The lowest BCUT2D eigenvalue weighted by atomic mass is 9.92. The van der Waals surface area contributed by atoms with Gasteiger partial charge in [0.25, 0.3) is 5.91 Å². The predicted octanol–water partition coefficient (Wildman–Crippen LogP) is 2.27. The van der Waals surface area contributed by atoms with E-state index in [0.29, 0.717) is 16.9 Å². The molecule has 1 N–H and O–H groups in total. The van der Waals surface area contributed by atoms with Gasteiger partial charge in [0, 0.05) is 5.56 Å². The first-order chi connectivity index (χ1) is 13.7. The van der Waals surface area contributed by atoms with Crippen LogP contribution < -0.4 is 14.8 Å². The maximum atomic E-state index is 12.9. The summed E-state index contributed by atoms with van der Waals surface area (Å²) in [5.74, 6) is -0.616. The fraction of sp³-hybridized carbons (Fsp3) is 0.238. The molecule has 1 atom stereocenters. The van der Waals surface area contributed by atoms with Crippen molar-refractivity contribution in [1.29, 1.82) is 0 Å². The number of nitrogens with one attached hydrogen (secondary N) is 1. The van der Waals surface area contributed by atoms with Crippen molar-refractivity contribution in [2.75, 3.05) is 13.7 Å². The summed E-state index contributed by atoms with van der Waals surface area (Å²) in [7, 11) is 1.53. The van der Waals surface area contributed by atoms with Crippen LogP contribution in [0.4, 0.5) is 4.79 Å². The summed E-state index contributed by atoms with van der Waals surface area (Å²) < 4.78 is 10.3. The third kappa shape index (κ3) is 3.96. The molecule has 2 aromatic carbocycles. The number of hydrogen-bond acceptors (Lipinski definition) is 6. The first-order valence-electron chi connectivity index (χ1n) is 8.85. The number of Topliss-reactive ketones (excluding diaryl/α,β-unsaturated/α-hetero) is 1. The molecule has 1 aliphatic rings. The van der Waals surface area contributed by atoms with Crippen LogP contribution in [-0.2, 0) is 15.1 Å². The van der Waals surface area contributed by atoms with E-state index in [1.807, 2.05) is 0 Å². The highest BCUT2D eigenvalue weighted by molar-refractivity contribution is 6.09. The number of ketones is 1. The van der Waals surface area contributed by atoms with Crippen molar-refractivity contribution < 1.29 is 28.7 Å². The average molecular weight is 396 g/mol. The van der Waals surface area contributed by atoms with Crippen molar-refractivity contribution in [1.82, 2.24) is 10.2 Å². The van der Waals surface area contributed by atoms with E-state index in [1.165, 1.54) is 38.3 Å². The highest BCUT2D eigenvalue weighted by Crippen LogP contribution is 2.30. The molecular formula is C21H20N2O6. The van der Waals surface area contributed by atoms with Crippen LogP contribution in [0.2, 0.25) is 0 Å². The largest absolute Gasteiger partial charge is 0.497 e. The molecule has 1 aliphatic heterocycles. The molecule has 0 saturated carbocycles.